The van der Waals surface area contributed by atoms with E-state index in [1.807, 2.05) is 6.07 Å². The number of rotatable bonds is 3. The van der Waals surface area contributed by atoms with Crippen molar-refractivity contribution >= 4 is 33.4 Å². The predicted octanol–water partition coefficient (Wildman–Crippen LogP) is 4.60. The molecular formula is C13H10BrF2NS. The second kappa shape index (κ2) is 5.71. The first-order valence-electron chi connectivity index (χ1n) is 5.18. The van der Waals surface area contributed by atoms with Crippen molar-refractivity contribution in [1.82, 2.24) is 0 Å². The Labute approximate surface area is 117 Å². The minimum atomic E-state index is -0.815. The SMILES string of the molecule is Nc1ccc(SCc2cccc(F)c2F)c(Br)c1. The van der Waals surface area contributed by atoms with E-state index in [1.54, 1.807) is 18.2 Å². The molecule has 0 aliphatic carbocycles. The van der Waals surface area contributed by atoms with Crippen LogP contribution in [0.5, 0.6) is 0 Å². The van der Waals surface area contributed by atoms with E-state index in [0.29, 0.717) is 17.0 Å². The molecule has 0 aliphatic rings. The van der Waals surface area contributed by atoms with E-state index >= 15 is 0 Å². The summed E-state index contributed by atoms with van der Waals surface area (Å²) < 4.78 is 27.3. The van der Waals surface area contributed by atoms with Crippen molar-refractivity contribution in [3.05, 3.63) is 58.1 Å². The Hall–Kier alpha value is -1.07. The molecule has 1 nitrogen and oxygen atoms in total. The normalized spacial score (nSPS) is 10.6. The summed E-state index contributed by atoms with van der Waals surface area (Å²) in [7, 11) is 0. The van der Waals surface area contributed by atoms with E-state index < -0.39 is 11.6 Å². The lowest BCUT2D eigenvalue weighted by atomic mass is 10.2. The van der Waals surface area contributed by atoms with Gasteiger partial charge in [-0.25, -0.2) is 8.78 Å². The van der Waals surface area contributed by atoms with Crippen molar-refractivity contribution in [2.24, 2.45) is 0 Å². The highest BCUT2D eigenvalue weighted by Crippen LogP contribution is 2.32. The molecule has 5 heteroatoms. The van der Waals surface area contributed by atoms with E-state index in [9.17, 15) is 8.78 Å². The van der Waals surface area contributed by atoms with Gasteiger partial charge in [0.25, 0.3) is 0 Å². The quantitative estimate of drug-likeness (QED) is 0.657. The van der Waals surface area contributed by atoms with Gasteiger partial charge in [0.15, 0.2) is 11.6 Å². The lowest BCUT2D eigenvalue weighted by Crippen LogP contribution is -1.92. The van der Waals surface area contributed by atoms with E-state index in [1.165, 1.54) is 17.8 Å². The van der Waals surface area contributed by atoms with Gasteiger partial charge in [-0.2, -0.15) is 0 Å². The Bertz CT molecular complexity index is 575. The Morgan fingerprint density at radius 1 is 1.17 bits per heavy atom. The molecule has 0 radical (unpaired) electrons. The second-order valence-corrected chi connectivity index (χ2v) is 5.56. The first-order valence-corrected chi connectivity index (χ1v) is 6.96. The number of halogens is 3. The van der Waals surface area contributed by atoms with Crippen molar-refractivity contribution in [2.75, 3.05) is 5.73 Å². The zero-order chi connectivity index (χ0) is 13.1. The lowest BCUT2D eigenvalue weighted by Gasteiger charge is -2.06. The number of anilines is 1. The van der Waals surface area contributed by atoms with Crippen molar-refractivity contribution in [2.45, 2.75) is 10.6 Å². The molecule has 0 saturated carbocycles. The zero-order valence-electron chi connectivity index (χ0n) is 9.29. The molecule has 2 rings (SSSR count). The highest BCUT2D eigenvalue weighted by molar-refractivity contribution is 9.10. The molecule has 0 atom stereocenters. The van der Waals surface area contributed by atoms with Crippen LogP contribution in [0.2, 0.25) is 0 Å². The maximum atomic E-state index is 13.4. The van der Waals surface area contributed by atoms with Gasteiger partial charge in [-0.1, -0.05) is 12.1 Å². The summed E-state index contributed by atoms with van der Waals surface area (Å²) in [6, 6.07) is 9.60. The van der Waals surface area contributed by atoms with Crippen molar-refractivity contribution < 1.29 is 8.78 Å². The van der Waals surface area contributed by atoms with Crippen LogP contribution in [0.15, 0.2) is 45.8 Å². The van der Waals surface area contributed by atoms with E-state index in [4.69, 9.17) is 5.73 Å². The van der Waals surface area contributed by atoms with Gasteiger partial charge in [0.2, 0.25) is 0 Å². The molecule has 0 aliphatic heterocycles. The Balaban J connectivity index is 2.14. The van der Waals surface area contributed by atoms with Crippen molar-refractivity contribution in [1.29, 1.82) is 0 Å². The first-order chi connectivity index (χ1) is 8.58. The monoisotopic (exact) mass is 329 g/mol. The number of nitrogen functional groups attached to an aromatic ring is 1. The number of benzene rings is 2. The second-order valence-electron chi connectivity index (χ2n) is 3.69. The fourth-order valence-electron chi connectivity index (χ4n) is 1.45. The molecule has 94 valence electrons. The molecule has 2 aromatic carbocycles. The third kappa shape index (κ3) is 3.03. The first kappa shape index (κ1) is 13.4. The van der Waals surface area contributed by atoms with Gasteiger partial charge in [0.05, 0.1) is 0 Å². The Morgan fingerprint density at radius 2 is 1.94 bits per heavy atom. The number of thioether (sulfide) groups is 1. The molecule has 2 aromatic rings. The van der Waals surface area contributed by atoms with Crippen LogP contribution in [0, 0.1) is 11.6 Å². The van der Waals surface area contributed by atoms with E-state index in [-0.39, 0.29) is 0 Å². The van der Waals surface area contributed by atoms with Gasteiger partial charge in [0, 0.05) is 26.4 Å². The number of hydrogen-bond acceptors (Lipinski definition) is 2. The van der Waals surface area contributed by atoms with Crippen LogP contribution in [-0.4, -0.2) is 0 Å². The predicted molar refractivity (Wildman–Crippen MR) is 74.5 cm³/mol. The molecule has 0 spiro atoms. The van der Waals surface area contributed by atoms with Crippen LogP contribution in [-0.2, 0) is 5.75 Å². The van der Waals surface area contributed by atoms with Gasteiger partial charge in [-0.05, 0) is 40.2 Å². The fourth-order valence-corrected chi connectivity index (χ4v) is 3.08. The molecule has 0 bridgehead atoms. The van der Waals surface area contributed by atoms with Crippen LogP contribution in [0.3, 0.4) is 0 Å². The summed E-state index contributed by atoms with van der Waals surface area (Å²) in [5.74, 6) is -1.23. The Kier molecular flexibility index (Phi) is 4.24. The van der Waals surface area contributed by atoms with Crippen LogP contribution in [0.1, 0.15) is 5.56 Å². The summed E-state index contributed by atoms with van der Waals surface area (Å²) in [4.78, 5) is 0.938. The van der Waals surface area contributed by atoms with Crippen molar-refractivity contribution in [3.8, 4) is 0 Å². The third-order valence-corrected chi connectivity index (χ3v) is 4.41. The van der Waals surface area contributed by atoms with Gasteiger partial charge in [-0.3, -0.25) is 0 Å². The average Bonchev–Trinajstić information content (AvgIpc) is 2.33. The van der Waals surface area contributed by atoms with E-state index in [0.717, 1.165) is 15.4 Å². The highest BCUT2D eigenvalue weighted by atomic mass is 79.9. The molecule has 0 unspecified atom stereocenters. The molecule has 0 heterocycles. The minimum Gasteiger partial charge on any atom is -0.399 e. The fraction of sp³-hybridized carbons (Fsp3) is 0.0769. The van der Waals surface area contributed by atoms with Crippen LogP contribution in [0.4, 0.5) is 14.5 Å². The molecule has 0 saturated heterocycles. The lowest BCUT2D eigenvalue weighted by molar-refractivity contribution is 0.502. The van der Waals surface area contributed by atoms with Gasteiger partial charge >= 0.3 is 0 Å². The topological polar surface area (TPSA) is 26.0 Å². The largest absolute Gasteiger partial charge is 0.399 e. The number of nitrogens with two attached hydrogens (primary N) is 1. The van der Waals surface area contributed by atoms with Gasteiger partial charge < -0.3 is 5.73 Å². The third-order valence-electron chi connectivity index (χ3n) is 2.37. The zero-order valence-corrected chi connectivity index (χ0v) is 11.7. The maximum Gasteiger partial charge on any atom is 0.162 e. The van der Waals surface area contributed by atoms with Crippen LogP contribution < -0.4 is 5.73 Å². The van der Waals surface area contributed by atoms with Gasteiger partial charge in [-0.15, -0.1) is 11.8 Å². The van der Waals surface area contributed by atoms with Gasteiger partial charge in [0.1, 0.15) is 0 Å². The molecule has 0 fully saturated rings. The number of hydrogen-bond donors (Lipinski definition) is 1. The average molecular weight is 330 g/mol. The summed E-state index contributed by atoms with van der Waals surface area (Å²) in [5, 5.41) is 0. The molecule has 2 N–H and O–H groups in total. The Morgan fingerprint density at radius 3 is 2.67 bits per heavy atom. The summed E-state index contributed by atoms with van der Waals surface area (Å²) >= 11 is 4.81. The van der Waals surface area contributed by atoms with Crippen LogP contribution in [0.25, 0.3) is 0 Å². The molecule has 0 aromatic heterocycles. The standard InChI is InChI=1S/C13H10BrF2NS/c14-10-6-9(17)4-5-12(10)18-7-8-2-1-3-11(15)13(8)16/h1-6H,7,17H2. The molecule has 0 amide bonds. The molecule has 18 heavy (non-hydrogen) atoms. The summed E-state index contributed by atoms with van der Waals surface area (Å²) in [6.45, 7) is 0. The van der Waals surface area contributed by atoms with E-state index in [2.05, 4.69) is 15.9 Å². The smallest absolute Gasteiger partial charge is 0.162 e. The summed E-state index contributed by atoms with van der Waals surface area (Å²) in [5.41, 5.74) is 6.64. The maximum absolute atomic E-state index is 13.4. The molecular weight excluding hydrogens is 320 g/mol. The highest BCUT2D eigenvalue weighted by Gasteiger charge is 2.09. The minimum absolute atomic E-state index is 0.351. The van der Waals surface area contributed by atoms with Crippen molar-refractivity contribution in [3.63, 3.8) is 0 Å². The summed E-state index contributed by atoms with van der Waals surface area (Å²) in [6.07, 6.45) is 0. The van der Waals surface area contributed by atoms with Crippen LogP contribution >= 0.6 is 27.7 Å².